The fourth-order valence-corrected chi connectivity index (χ4v) is 1.66. The largest absolute Gasteiger partial charge is 0.446 e. The predicted octanol–water partition coefficient (Wildman–Crippen LogP) is 1.41. The average Bonchev–Trinajstić information content (AvgIpc) is 2.98. The molecule has 1 aliphatic carbocycles. The van der Waals surface area contributed by atoms with Crippen molar-refractivity contribution in [1.29, 1.82) is 0 Å². The third kappa shape index (κ3) is 3.94. The first-order valence-corrected chi connectivity index (χ1v) is 6.01. The zero-order valence-corrected chi connectivity index (χ0v) is 9.87. The van der Waals surface area contributed by atoms with Crippen LogP contribution in [-0.4, -0.2) is 31.8 Å². The smallest absolute Gasteiger partial charge is 0.195 e. The summed E-state index contributed by atoms with van der Waals surface area (Å²) in [4.78, 5) is 4.28. The van der Waals surface area contributed by atoms with Gasteiger partial charge in [0.15, 0.2) is 5.89 Å². The first kappa shape index (κ1) is 11.6. The van der Waals surface area contributed by atoms with Crippen molar-refractivity contribution in [3.05, 3.63) is 17.8 Å². The van der Waals surface area contributed by atoms with Crippen molar-refractivity contribution in [1.82, 2.24) is 10.3 Å². The molecule has 0 radical (unpaired) electrons. The second kappa shape index (κ2) is 6.01. The lowest BCUT2D eigenvalue weighted by Crippen LogP contribution is -2.21. The zero-order valence-electron chi connectivity index (χ0n) is 9.87. The number of methoxy groups -OCH3 is 1. The van der Waals surface area contributed by atoms with Crippen LogP contribution in [0.25, 0.3) is 0 Å². The van der Waals surface area contributed by atoms with Gasteiger partial charge < -0.3 is 14.5 Å². The Balaban J connectivity index is 1.62. The highest BCUT2D eigenvalue weighted by Gasteiger charge is 2.23. The molecule has 1 aromatic rings. The summed E-state index contributed by atoms with van der Waals surface area (Å²) < 4.78 is 10.6. The average molecular weight is 224 g/mol. The van der Waals surface area contributed by atoms with Gasteiger partial charge in [0.05, 0.1) is 12.8 Å². The Hall–Kier alpha value is -0.870. The summed E-state index contributed by atoms with van der Waals surface area (Å²) in [7, 11) is 1.71. The topological polar surface area (TPSA) is 47.3 Å². The van der Waals surface area contributed by atoms with Crippen LogP contribution in [0.5, 0.6) is 0 Å². The van der Waals surface area contributed by atoms with Gasteiger partial charge in [0.1, 0.15) is 5.76 Å². The number of aromatic nitrogens is 1. The van der Waals surface area contributed by atoms with E-state index in [-0.39, 0.29) is 0 Å². The number of nitrogens with one attached hydrogen (secondary N) is 1. The molecule has 1 N–H and O–H groups in total. The maximum atomic E-state index is 5.66. The Bertz CT molecular complexity index is 308. The molecule has 0 aromatic carbocycles. The standard InChI is InChI=1S/C12H20N2O2/c1-15-7-6-13-5-4-12-14-9-11(16-12)8-10-2-3-10/h9-10,13H,2-8H2,1H3. The summed E-state index contributed by atoms with van der Waals surface area (Å²) in [6.45, 7) is 2.53. The molecule has 0 amide bonds. The lowest BCUT2D eigenvalue weighted by Gasteiger charge is -2.01. The van der Waals surface area contributed by atoms with Crippen LogP contribution in [0.4, 0.5) is 0 Å². The van der Waals surface area contributed by atoms with E-state index >= 15 is 0 Å². The SMILES string of the molecule is COCCNCCc1ncc(CC2CC2)o1. The molecule has 1 aliphatic rings. The van der Waals surface area contributed by atoms with Crippen molar-refractivity contribution < 1.29 is 9.15 Å². The first-order valence-electron chi connectivity index (χ1n) is 6.01. The minimum Gasteiger partial charge on any atom is -0.446 e. The summed E-state index contributed by atoms with van der Waals surface area (Å²) in [6, 6.07) is 0. The van der Waals surface area contributed by atoms with Crippen LogP contribution in [0, 0.1) is 5.92 Å². The van der Waals surface area contributed by atoms with Crippen LogP contribution >= 0.6 is 0 Å². The summed E-state index contributed by atoms with van der Waals surface area (Å²) in [5.74, 6) is 2.76. The molecule has 0 atom stereocenters. The van der Waals surface area contributed by atoms with Gasteiger partial charge in [-0.3, -0.25) is 0 Å². The van der Waals surface area contributed by atoms with Crippen molar-refractivity contribution in [2.24, 2.45) is 5.92 Å². The number of oxazole rings is 1. The van der Waals surface area contributed by atoms with E-state index in [1.165, 1.54) is 12.8 Å². The molecule has 2 rings (SSSR count). The Morgan fingerprint density at radius 2 is 2.38 bits per heavy atom. The fourth-order valence-electron chi connectivity index (χ4n) is 1.66. The molecule has 1 fully saturated rings. The fraction of sp³-hybridized carbons (Fsp3) is 0.750. The molecule has 1 aromatic heterocycles. The van der Waals surface area contributed by atoms with Crippen molar-refractivity contribution >= 4 is 0 Å². The van der Waals surface area contributed by atoms with E-state index in [9.17, 15) is 0 Å². The van der Waals surface area contributed by atoms with Crippen molar-refractivity contribution in [3.8, 4) is 0 Å². The summed E-state index contributed by atoms with van der Waals surface area (Å²) in [5.41, 5.74) is 0. The van der Waals surface area contributed by atoms with Gasteiger partial charge in [0.2, 0.25) is 0 Å². The van der Waals surface area contributed by atoms with Crippen LogP contribution in [0.2, 0.25) is 0 Å². The highest BCUT2D eigenvalue weighted by atomic mass is 16.5. The summed E-state index contributed by atoms with van der Waals surface area (Å²) in [6.07, 6.45) is 6.52. The van der Waals surface area contributed by atoms with Gasteiger partial charge in [-0.15, -0.1) is 0 Å². The minimum atomic E-state index is 0.749. The van der Waals surface area contributed by atoms with Crippen LogP contribution in [-0.2, 0) is 17.6 Å². The van der Waals surface area contributed by atoms with E-state index in [0.29, 0.717) is 0 Å². The molecular weight excluding hydrogens is 204 g/mol. The van der Waals surface area contributed by atoms with E-state index < -0.39 is 0 Å². The molecule has 4 nitrogen and oxygen atoms in total. The lowest BCUT2D eigenvalue weighted by atomic mass is 10.2. The molecule has 16 heavy (non-hydrogen) atoms. The molecular formula is C12H20N2O2. The Labute approximate surface area is 96.4 Å². The Morgan fingerprint density at radius 1 is 1.50 bits per heavy atom. The van der Waals surface area contributed by atoms with Crippen molar-refractivity contribution in [2.45, 2.75) is 25.7 Å². The normalized spacial score (nSPS) is 15.6. The van der Waals surface area contributed by atoms with Crippen LogP contribution in [0.3, 0.4) is 0 Å². The molecule has 0 spiro atoms. The maximum absolute atomic E-state index is 5.66. The monoisotopic (exact) mass is 224 g/mol. The predicted molar refractivity (Wildman–Crippen MR) is 61.4 cm³/mol. The van der Waals surface area contributed by atoms with Crippen molar-refractivity contribution in [3.63, 3.8) is 0 Å². The molecule has 0 aliphatic heterocycles. The van der Waals surface area contributed by atoms with Gasteiger partial charge >= 0.3 is 0 Å². The van der Waals surface area contributed by atoms with Crippen molar-refractivity contribution in [2.75, 3.05) is 26.8 Å². The highest BCUT2D eigenvalue weighted by Crippen LogP contribution is 2.32. The highest BCUT2D eigenvalue weighted by molar-refractivity contribution is 4.98. The zero-order chi connectivity index (χ0) is 11.2. The van der Waals surface area contributed by atoms with E-state index in [1.807, 2.05) is 6.20 Å². The Morgan fingerprint density at radius 3 is 3.12 bits per heavy atom. The van der Waals surface area contributed by atoms with E-state index in [2.05, 4.69) is 10.3 Å². The molecule has 90 valence electrons. The first-order chi connectivity index (χ1) is 7.88. The minimum absolute atomic E-state index is 0.749. The number of nitrogens with zero attached hydrogens (tertiary/aromatic N) is 1. The second-order valence-corrected chi connectivity index (χ2v) is 4.36. The molecule has 0 saturated heterocycles. The second-order valence-electron chi connectivity index (χ2n) is 4.36. The van der Waals surface area contributed by atoms with E-state index in [1.54, 1.807) is 7.11 Å². The summed E-state index contributed by atoms with van der Waals surface area (Å²) >= 11 is 0. The van der Waals surface area contributed by atoms with E-state index in [4.69, 9.17) is 9.15 Å². The molecule has 0 unspecified atom stereocenters. The van der Waals surface area contributed by atoms with Crippen LogP contribution < -0.4 is 5.32 Å². The van der Waals surface area contributed by atoms with Gasteiger partial charge in [-0.05, 0) is 18.8 Å². The van der Waals surface area contributed by atoms with Gasteiger partial charge in [-0.25, -0.2) is 4.98 Å². The molecule has 4 heteroatoms. The number of ether oxygens (including phenoxy) is 1. The summed E-state index contributed by atoms with van der Waals surface area (Å²) in [5, 5.41) is 3.27. The maximum Gasteiger partial charge on any atom is 0.195 e. The van der Waals surface area contributed by atoms with Gasteiger partial charge in [-0.2, -0.15) is 0 Å². The number of hydrogen-bond acceptors (Lipinski definition) is 4. The quantitative estimate of drug-likeness (QED) is 0.678. The van der Waals surface area contributed by atoms with Gasteiger partial charge in [0, 0.05) is 33.0 Å². The molecule has 0 bridgehead atoms. The number of rotatable bonds is 8. The third-order valence-electron chi connectivity index (χ3n) is 2.79. The lowest BCUT2D eigenvalue weighted by molar-refractivity contribution is 0.199. The van der Waals surface area contributed by atoms with Gasteiger partial charge in [0.25, 0.3) is 0 Å². The van der Waals surface area contributed by atoms with E-state index in [0.717, 1.165) is 50.1 Å². The molecule has 1 saturated carbocycles. The Kier molecular flexibility index (Phi) is 4.36. The third-order valence-corrected chi connectivity index (χ3v) is 2.79. The molecule has 1 heterocycles. The van der Waals surface area contributed by atoms with Crippen LogP contribution in [0.15, 0.2) is 10.6 Å². The van der Waals surface area contributed by atoms with Crippen LogP contribution in [0.1, 0.15) is 24.5 Å². The number of hydrogen-bond donors (Lipinski definition) is 1. The van der Waals surface area contributed by atoms with Gasteiger partial charge in [-0.1, -0.05) is 0 Å².